The molecule has 6 heteroatoms. The molecule has 1 atom stereocenters. The second-order valence-electron chi connectivity index (χ2n) is 5.23. The number of H-pyrrole nitrogens is 1. The van der Waals surface area contributed by atoms with Crippen molar-refractivity contribution in [3.8, 4) is 11.3 Å². The average Bonchev–Trinajstić information content (AvgIpc) is 3.03. The number of imidazole rings is 1. The van der Waals surface area contributed by atoms with Gasteiger partial charge in [0.25, 0.3) is 0 Å². The average molecular weight is 308 g/mol. The maximum absolute atomic E-state index is 11.6. The van der Waals surface area contributed by atoms with Crippen molar-refractivity contribution < 1.29 is 9.90 Å². The molecule has 2 aromatic heterocycles. The number of carboxylic acid groups (broad SMARTS) is 1. The zero-order valence-electron chi connectivity index (χ0n) is 12.3. The number of nitrogens with zero attached hydrogens (tertiary/aromatic N) is 2. The Morgan fingerprint density at radius 1 is 1.13 bits per heavy atom. The van der Waals surface area contributed by atoms with Crippen LogP contribution in [0, 0.1) is 0 Å². The predicted octanol–water partition coefficient (Wildman–Crippen LogP) is 2.46. The van der Waals surface area contributed by atoms with Crippen molar-refractivity contribution in [1.82, 2.24) is 15.0 Å². The van der Waals surface area contributed by atoms with Gasteiger partial charge in [-0.05, 0) is 24.1 Å². The van der Waals surface area contributed by atoms with Gasteiger partial charge in [0.2, 0.25) is 0 Å². The van der Waals surface area contributed by atoms with Crippen molar-refractivity contribution in [3.05, 3.63) is 66.2 Å². The lowest BCUT2D eigenvalue weighted by Crippen LogP contribution is -2.16. The van der Waals surface area contributed by atoms with E-state index >= 15 is 0 Å². The molecular formula is C17H16N4O2. The van der Waals surface area contributed by atoms with Crippen LogP contribution in [0.15, 0.2) is 54.9 Å². The maximum atomic E-state index is 11.6. The number of aromatic nitrogens is 3. The maximum Gasteiger partial charge on any atom is 0.314 e. The second-order valence-corrected chi connectivity index (χ2v) is 5.23. The van der Waals surface area contributed by atoms with Gasteiger partial charge in [-0.2, -0.15) is 0 Å². The van der Waals surface area contributed by atoms with Crippen molar-refractivity contribution in [3.63, 3.8) is 0 Å². The first-order valence-corrected chi connectivity index (χ1v) is 7.17. The zero-order chi connectivity index (χ0) is 16.2. The van der Waals surface area contributed by atoms with Gasteiger partial charge in [-0.15, -0.1) is 0 Å². The second kappa shape index (κ2) is 6.31. The molecule has 0 fully saturated rings. The van der Waals surface area contributed by atoms with Crippen LogP contribution in [0.25, 0.3) is 11.3 Å². The Hall–Kier alpha value is -3.15. The van der Waals surface area contributed by atoms with E-state index in [0.29, 0.717) is 23.8 Å². The number of hydrogen-bond donors (Lipinski definition) is 3. The molecule has 0 saturated heterocycles. The van der Waals surface area contributed by atoms with Crippen LogP contribution in [0.4, 0.5) is 5.82 Å². The van der Waals surface area contributed by atoms with E-state index < -0.39 is 11.9 Å². The van der Waals surface area contributed by atoms with Crippen LogP contribution in [-0.2, 0) is 11.2 Å². The van der Waals surface area contributed by atoms with Crippen LogP contribution in [-0.4, -0.2) is 26.0 Å². The van der Waals surface area contributed by atoms with E-state index in [2.05, 4.69) is 15.0 Å². The highest BCUT2D eigenvalue weighted by molar-refractivity contribution is 5.75. The highest BCUT2D eigenvalue weighted by Crippen LogP contribution is 2.23. The van der Waals surface area contributed by atoms with Crippen molar-refractivity contribution in [2.75, 3.05) is 5.73 Å². The smallest absolute Gasteiger partial charge is 0.314 e. The number of pyridine rings is 1. The first kappa shape index (κ1) is 14.8. The van der Waals surface area contributed by atoms with Gasteiger partial charge in [-0.1, -0.05) is 30.3 Å². The Morgan fingerprint density at radius 2 is 1.91 bits per heavy atom. The molecule has 2 heterocycles. The topological polar surface area (TPSA) is 105 Å². The lowest BCUT2D eigenvalue weighted by molar-refractivity contribution is -0.138. The van der Waals surface area contributed by atoms with Gasteiger partial charge >= 0.3 is 5.97 Å². The molecule has 3 rings (SSSR count). The monoisotopic (exact) mass is 308 g/mol. The van der Waals surface area contributed by atoms with E-state index in [1.807, 2.05) is 36.4 Å². The SMILES string of the molecule is Nc1ccc(-c2cnc([C@@H](Cc3ccccc3)C(=O)O)[nH]2)cn1. The number of benzene rings is 1. The third-order valence-electron chi connectivity index (χ3n) is 3.60. The molecule has 0 bridgehead atoms. The number of carboxylic acids is 1. The van der Waals surface area contributed by atoms with E-state index in [-0.39, 0.29) is 0 Å². The molecule has 116 valence electrons. The van der Waals surface area contributed by atoms with Crippen LogP contribution in [0.2, 0.25) is 0 Å². The lowest BCUT2D eigenvalue weighted by atomic mass is 9.99. The van der Waals surface area contributed by atoms with Gasteiger partial charge in [0.05, 0.1) is 11.9 Å². The fourth-order valence-corrected chi connectivity index (χ4v) is 2.38. The fourth-order valence-electron chi connectivity index (χ4n) is 2.38. The van der Waals surface area contributed by atoms with E-state index in [4.69, 9.17) is 5.73 Å². The number of hydrogen-bond acceptors (Lipinski definition) is 4. The Labute approximate surface area is 133 Å². The molecule has 0 spiro atoms. The number of anilines is 1. The van der Waals surface area contributed by atoms with Crippen molar-refractivity contribution in [2.45, 2.75) is 12.3 Å². The molecule has 0 unspecified atom stereocenters. The number of nitrogens with one attached hydrogen (secondary N) is 1. The first-order chi connectivity index (χ1) is 11.1. The van der Waals surface area contributed by atoms with Crippen LogP contribution >= 0.6 is 0 Å². The summed E-state index contributed by atoms with van der Waals surface area (Å²) in [7, 11) is 0. The number of rotatable bonds is 5. The first-order valence-electron chi connectivity index (χ1n) is 7.17. The number of nitrogens with two attached hydrogens (primary N) is 1. The molecule has 3 aromatic rings. The van der Waals surface area contributed by atoms with Gasteiger partial charge < -0.3 is 15.8 Å². The summed E-state index contributed by atoms with van der Waals surface area (Å²) in [4.78, 5) is 22.9. The quantitative estimate of drug-likeness (QED) is 0.671. The van der Waals surface area contributed by atoms with Crippen molar-refractivity contribution in [1.29, 1.82) is 0 Å². The molecule has 0 radical (unpaired) electrons. The molecule has 1 aromatic carbocycles. The Kier molecular flexibility index (Phi) is 4.05. The van der Waals surface area contributed by atoms with Gasteiger partial charge in [-0.3, -0.25) is 4.79 Å². The van der Waals surface area contributed by atoms with Crippen LogP contribution in [0.1, 0.15) is 17.3 Å². The minimum absolute atomic E-state index is 0.378. The normalized spacial score (nSPS) is 12.0. The summed E-state index contributed by atoms with van der Waals surface area (Å²) >= 11 is 0. The summed E-state index contributed by atoms with van der Waals surface area (Å²) in [5, 5.41) is 9.52. The van der Waals surface area contributed by atoms with Crippen LogP contribution < -0.4 is 5.73 Å². The van der Waals surface area contributed by atoms with E-state index in [9.17, 15) is 9.90 Å². The molecular weight excluding hydrogens is 292 g/mol. The number of carbonyl (C=O) groups is 1. The minimum Gasteiger partial charge on any atom is -0.481 e. The molecule has 0 amide bonds. The largest absolute Gasteiger partial charge is 0.481 e. The van der Waals surface area contributed by atoms with Gasteiger partial charge in [0.15, 0.2) is 0 Å². The van der Waals surface area contributed by atoms with Crippen LogP contribution in [0.5, 0.6) is 0 Å². The van der Waals surface area contributed by atoms with E-state index in [1.54, 1.807) is 18.5 Å². The summed E-state index contributed by atoms with van der Waals surface area (Å²) in [6.07, 6.45) is 3.62. The molecule has 0 saturated carbocycles. The fraction of sp³-hybridized carbons (Fsp3) is 0.118. The molecule has 23 heavy (non-hydrogen) atoms. The predicted molar refractivity (Wildman–Crippen MR) is 86.8 cm³/mol. The summed E-state index contributed by atoms with van der Waals surface area (Å²) in [6, 6.07) is 13.0. The van der Waals surface area contributed by atoms with Crippen molar-refractivity contribution >= 4 is 11.8 Å². The Balaban J connectivity index is 1.86. The van der Waals surface area contributed by atoms with Gasteiger partial charge in [0, 0.05) is 11.8 Å². The Bertz CT molecular complexity index is 797. The molecule has 0 aliphatic carbocycles. The molecule has 4 N–H and O–H groups in total. The summed E-state index contributed by atoms with van der Waals surface area (Å²) < 4.78 is 0. The van der Waals surface area contributed by atoms with Gasteiger partial charge in [0.1, 0.15) is 17.6 Å². The summed E-state index contributed by atoms with van der Waals surface area (Å²) in [6.45, 7) is 0. The highest BCUT2D eigenvalue weighted by atomic mass is 16.4. The number of aliphatic carboxylic acids is 1. The van der Waals surface area contributed by atoms with Crippen LogP contribution in [0.3, 0.4) is 0 Å². The standard InChI is InChI=1S/C17H16N4O2/c18-15-7-6-12(9-19-15)14-10-20-16(21-14)13(17(22)23)8-11-4-2-1-3-5-11/h1-7,9-10,13H,8H2,(H2,18,19)(H,20,21)(H,22,23)/t13-/m1/s1. The molecule has 6 nitrogen and oxygen atoms in total. The third kappa shape index (κ3) is 3.37. The minimum atomic E-state index is -0.912. The Morgan fingerprint density at radius 3 is 2.57 bits per heavy atom. The van der Waals surface area contributed by atoms with E-state index in [1.165, 1.54) is 0 Å². The molecule has 0 aliphatic heterocycles. The highest BCUT2D eigenvalue weighted by Gasteiger charge is 2.23. The summed E-state index contributed by atoms with van der Waals surface area (Å²) in [5.74, 6) is -0.785. The lowest BCUT2D eigenvalue weighted by Gasteiger charge is -2.09. The van der Waals surface area contributed by atoms with Crippen molar-refractivity contribution in [2.24, 2.45) is 0 Å². The number of nitrogen functional groups attached to an aromatic ring is 1. The summed E-state index contributed by atoms with van der Waals surface area (Å²) in [5.41, 5.74) is 8.04. The third-order valence-corrected chi connectivity index (χ3v) is 3.60. The zero-order valence-corrected chi connectivity index (χ0v) is 12.3. The molecule has 0 aliphatic rings. The van der Waals surface area contributed by atoms with E-state index in [0.717, 1.165) is 11.1 Å². The van der Waals surface area contributed by atoms with Gasteiger partial charge in [-0.25, -0.2) is 9.97 Å². The number of aromatic amines is 1.